The monoisotopic (exact) mass is 840 g/mol. The van der Waals surface area contributed by atoms with Gasteiger partial charge in [0.25, 0.3) is 0 Å². The van der Waals surface area contributed by atoms with Gasteiger partial charge in [-0.05, 0) is 72.9 Å². The Balaban J connectivity index is 0.000000241. The molecule has 0 amide bonds. The van der Waals surface area contributed by atoms with Gasteiger partial charge in [-0.2, -0.15) is 5.10 Å². The van der Waals surface area contributed by atoms with E-state index in [0.29, 0.717) is 32.8 Å². The van der Waals surface area contributed by atoms with Crippen molar-refractivity contribution in [3.05, 3.63) is 87.1 Å². The van der Waals surface area contributed by atoms with Crippen LogP contribution in [0.15, 0.2) is 66.3 Å². The number of hydrogen-bond donors (Lipinski definition) is 3. The number of aromatic nitrogens is 6. The molecule has 2 aromatic heterocycles. The number of aromatic amines is 1. The molecule has 2 saturated carbocycles. The summed E-state index contributed by atoms with van der Waals surface area (Å²) in [6.07, 6.45) is 6.55. The smallest absolute Gasteiger partial charge is 0.403 e. The van der Waals surface area contributed by atoms with Gasteiger partial charge < -0.3 is 20.4 Å². The van der Waals surface area contributed by atoms with Crippen LogP contribution in [-0.4, -0.2) is 83.8 Å². The minimum absolute atomic E-state index is 0. The lowest BCUT2D eigenvalue weighted by Gasteiger charge is -2.33. The summed E-state index contributed by atoms with van der Waals surface area (Å²) in [5.41, 5.74) is -1.44. The van der Waals surface area contributed by atoms with Gasteiger partial charge in [0.05, 0.1) is 29.9 Å². The Bertz CT molecular complexity index is 1850. The molecular formula is C32H37Cl5N6O6S2. The quantitative estimate of drug-likeness (QED) is 0.0628. The van der Waals surface area contributed by atoms with Crippen LogP contribution in [0.1, 0.15) is 43.7 Å². The van der Waals surface area contributed by atoms with Gasteiger partial charge in [0.1, 0.15) is 23.9 Å². The van der Waals surface area contributed by atoms with E-state index in [-0.39, 0.29) is 23.7 Å². The van der Waals surface area contributed by atoms with Crippen molar-refractivity contribution in [2.45, 2.75) is 84.6 Å². The van der Waals surface area contributed by atoms with Crippen LogP contribution >= 0.6 is 82.0 Å². The summed E-state index contributed by atoms with van der Waals surface area (Å²) in [6.45, 7) is 1.88. The molecule has 0 radical (unpaired) electrons. The number of alkyl halides is 2. The van der Waals surface area contributed by atoms with Crippen LogP contribution < -0.4 is 0 Å². The molecule has 2 fully saturated rings. The van der Waals surface area contributed by atoms with E-state index >= 15 is 0 Å². The van der Waals surface area contributed by atoms with Crippen LogP contribution in [0, 0.1) is 4.77 Å². The van der Waals surface area contributed by atoms with Crippen LogP contribution in [0.2, 0.25) is 10.0 Å². The fourth-order valence-electron chi connectivity index (χ4n) is 5.25. The van der Waals surface area contributed by atoms with Gasteiger partial charge in [-0.3, -0.25) is 14.6 Å². The number of carbonyl (C=O) groups excluding carboxylic acids is 2. The number of hydrogen-bond acceptors (Lipinski definition) is 10. The van der Waals surface area contributed by atoms with Gasteiger partial charge in [-0.25, -0.2) is 19.4 Å². The first kappa shape index (κ1) is 43.2. The third-order valence-corrected chi connectivity index (χ3v) is 11.8. The number of H-pyrrole nitrogens is 1. The van der Waals surface area contributed by atoms with Crippen molar-refractivity contribution in [2.75, 3.05) is 7.11 Å². The predicted octanol–water partition coefficient (Wildman–Crippen LogP) is 6.82. The van der Waals surface area contributed by atoms with Crippen molar-refractivity contribution in [1.29, 1.82) is 0 Å². The minimum Gasteiger partial charge on any atom is -0.457 e. The number of thioether (sulfide) groups is 1. The van der Waals surface area contributed by atoms with Crippen LogP contribution in [0.5, 0.6) is 0 Å². The SMILES string of the molecule is CC(=O)Sc1ncnn1CC(O)(Cc1ccccc1Cl)C1(Cl)CC1.COC(=O)Cl.O.OC(Cc1ccccc1Cl)(Cn1[nH]cnc1=S)C1(Cl)CC1. The second kappa shape index (κ2) is 18.2. The molecule has 2 atom stereocenters. The third kappa shape index (κ3) is 11.4. The maximum Gasteiger partial charge on any atom is 0.403 e. The number of nitrogens with zero attached hydrogens (tertiary/aromatic N) is 5. The molecular weight excluding hydrogens is 806 g/mol. The molecule has 0 aliphatic heterocycles. The standard InChI is InChI=1S/C16H17Cl2N3O2S.C14H15Cl2N3OS.C2H3ClO2.H2O/c1-11(22)24-14-19-10-20-21(14)9-16(23,15(18)6-7-15)8-12-4-2-3-5-13(12)17;15-11-4-2-1-3-10(11)7-14(20,13(16)5-6-13)8-19-12(21)17-9-18-19;1-5-2(3)4;/h2-5,10,23H,6-9H2,1H3;1-4,9,20H,5-8H2,(H,17,18,21);1H3;1H2. The summed E-state index contributed by atoms with van der Waals surface area (Å²) in [5, 5.41) is 31.2. The van der Waals surface area contributed by atoms with E-state index in [2.05, 4.69) is 36.5 Å². The first-order valence-corrected chi connectivity index (χ1v) is 18.3. The molecule has 278 valence electrons. The van der Waals surface area contributed by atoms with Crippen molar-refractivity contribution in [2.24, 2.45) is 0 Å². The fourth-order valence-corrected chi connectivity index (χ4v) is 6.84. The summed E-state index contributed by atoms with van der Waals surface area (Å²) in [5.74, 6) is 0. The highest BCUT2D eigenvalue weighted by Crippen LogP contribution is 2.54. The van der Waals surface area contributed by atoms with Gasteiger partial charge in [0, 0.05) is 41.4 Å². The van der Waals surface area contributed by atoms with E-state index in [4.69, 9.17) is 58.6 Å². The lowest BCUT2D eigenvalue weighted by atomic mass is 9.89. The summed E-state index contributed by atoms with van der Waals surface area (Å²) in [4.78, 5) is 27.4. The Hall–Kier alpha value is -2.24. The van der Waals surface area contributed by atoms with Crippen LogP contribution in [0.4, 0.5) is 4.79 Å². The number of carbonyl (C=O) groups is 2. The molecule has 2 aromatic carbocycles. The Kier molecular flexibility index (Phi) is 15.4. The molecule has 51 heavy (non-hydrogen) atoms. The minimum atomic E-state index is -1.24. The van der Waals surface area contributed by atoms with Gasteiger partial charge in [0.15, 0.2) is 10.3 Å². The molecule has 5 N–H and O–H groups in total. The Labute approximate surface area is 329 Å². The average Bonchev–Trinajstić information content (AvgIpc) is 3.92. The molecule has 19 heteroatoms. The number of nitrogens with one attached hydrogen (secondary N) is 1. The van der Waals surface area contributed by atoms with Gasteiger partial charge in [-0.15, -0.1) is 23.2 Å². The Morgan fingerprint density at radius 1 is 0.941 bits per heavy atom. The van der Waals surface area contributed by atoms with Gasteiger partial charge in [-0.1, -0.05) is 59.6 Å². The summed E-state index contributed by atoms with van der Waals surface area (Å²) < 4.78 is 7.44. The molecule has 2 aliphatic carbocycles. The third-order valence-electron chi connectivity index (χ3n) is 8.35. The van der Waals surface area contributed by atoms with Crippen LogP contribution in [0.3, 0.4) is 0 Å². The normalized spacial score (nSPS) is 17.1. The Morgan fingerprint density at radius 2 is 1.41 bits per heavy atom. The van der Waals surface area contributed by atoms with Gasteiger partial charge >= 0.3 is 5.43 Å². The zero-order chi connectivity index (χ0) is 36.7. The molecule has 6 rings (SSSR count). The fraction of sp³-hybridized carbons (Fsp3) is 0.438. The number of ether oxygens (including phenoxy) is 1. The first-order valence-electron chi connectivity index (χ1n) is 15.2. The molecule has 12 nitrogen and oxygen atoms in total. The number of aliphatic hydroxyl groups is 2. The molecule has 0 saturated heterocycles. The zero-order valence-electron chi connectivity index (χ0n) is 27.5. The van der Waals surface area contributed by atoms with E-state index in [1.807, 2.05) is 42.5 Å². The van der Waals surface area contributed by atoms with E-state index in [1.54, 1.807) is 10.7 Å². The molecule has 2 aliphatic rings. The predicted molar refractivity (Wildman–Crippen MR) is 202 cm³/mol. The second-order valence-electron chi connectivity index (χ2n) is 12.0. The summed E-state index contributed by atoms with van der Waals surface area (Å²) in [7, 11) is 1.22. The number of methoxy groups -OCH3 is 1. The van der Waals surface area contributed by atoms with Crippen LogP contribution in [-0.2, 0) is 35.5 Å². The average molecular weight is 843 g/mol. The molecule has 2 heterocycles. The van der Waals surface area contributed by atoms with E-state index in [1.165, 1.54) is 31.4 Å². The largest absolute Gasteiger partial charge is 0.457 e. The van der Waals surface area contributed by atoms with E-state index < -0.39 is 26.4 Å². The highest BCUT2D eigenvalue weighted by Gasteiger charge is 2.59. The van der Waals surface area contributed by atoms with E-state index in [9.17, 15) is 19.8 Å². The zero-order valence-corrected chi connectivity index (χ0v) is 32.9. The first-order chi connectivity index (χ1) is 23.5. The van der Waals surface area contributed by atoms with Crippen molar-refractivity contribution in [3.63, 3.8) is 0 Å². The summed E-state index contributed by atoms with van der Waals surface area (Å²) in [6, 6.07) is 14.9. The van der Waals surface area contributed by atoms with Gasteiger partial charge in [0.2, 0.25) is 4.77 Å². The van der Waals surface area contributed by atoms with Crippen molar-refractivity contribution in [3.8, 4) is 0 Å². The maximum absolute atomic E-state index is 11.3. The lowest BCUT2D eigenvalue weighted by molar-refractivity contribution is -0.109. The molecule has 2 unspecified atom stereocenters. The summed E-state index contributed by atoms with van der Waals surface area (Å²) >= 11 is 36.3. The van der Waals surface area contributed by atoms with Crippen molar-refractivity contribution in [1.82, 2.24) is 29.5 Å². The molecule has 4 aromatic rings. The van der Waals surface area contributed by atoms with E-state index in [0.717, 1.165) is 48.6 Å². The molecule has 0 spiro atoms. The maximum atomic E-state index is 11.3. The number of benzene rings is 2. The topological polar surface area (TPSA) is 180 Å². The highest BCUT2D eigenvalue weighted by molar-refractivity contribution is 8.13. The highest BCUT2D eigenvalue weighted by atomic mass is 35.5. The lowest BCUT2D eigenvalue weighted by Crippen LogP contribution is -2.47. The van der Waals surface area contributed by atoms with Crippen molar-refractivity contribution < 1.29 is 30.0 Å². The van der Waals surface area contributed by atoms with Crippen LogP contribution in [0.25, 0.3) is 0 Å². The number of halogens is 5. The van der Waals surface area contributed by atoms with Crippen molar-refractivity contribution >= 4 is 92.5 Å². The Morgan fingerprint density at radius 3 is 1.80 bits per heavy atom. The number of rotatable bonds is 11. The second-order valence-corrected chi connectivity index (χ2v) is 16.1. The molecule has 0 bridgehead atoms.